The van der Waals surface area contributed by atoms with Crippen molar-refractivity contribution in [3.05, 3.63) is 102 Å². The second-order valence-corrected chi connectivity index (χ2v) is 7.42. The first-order valence-electron chi connectivity index (χ1n) is 10.7. The lowest BCUT2D eigenvalue weighted by Crippen LogP contribution is -2.42. The van der Waals surface area contributed by atoms with E-state index >= 15 is 0 Å². The molecule has 0 fully saturated rings. The molecule has 0 bridgehead atoms. The Bertz CT molecular complexity index is 1140. The lowest BCUT2D eigenvalue weighted by atomic mass is 10.1. The highest BCUT2D eigenvalue weighted by Gasteiger charge is 2.22. The van der Waals surface area contributed by atoms with Crippen molar-refractivity contribution in [3.63, 3.8) is 0 Å². The van der Waals surface area contributed by atoms with Crippen LogP contribution in [0.3, 0.4) is 0 Å². The number of anilines is 2. The number of benzene rings is 3. The van der Waals surface area contributed by atoms with Crippen molar-refractivity contribution in [3.8, 4) is 0 Å². The van der Waals surface area contributed by atoms with Crippen molar-refractivity contribution in [2.45, 2.75) is 0 Å². The maximum absolute atomic E-state index is 13.2. The molecule has 3 aromatic rings. The van der Waals surface area contributed by atoms with Gasteiger partial charge in [-0.3, -0.25) is 24.4 Å². The van der Waals surface area contributed by atoms with Crippen LogP contribution in [0.25, 0.3) is 6.08 Å². The molecule has 4 amide bonds. The SMILES string of the molecule is O=C(/C=C/c1ccc(C(=O)N(CC(=O)Nc2ccccc2)CC(=O)Nc2ccccc2)cc1)NO. The smallest absolute Gasteiger partial charge is 0.267 e. The van der Waals surface area contributed by atoms with E-state index in [4.69, 9.17) is 5.21 Å². The Morgan fingerprint density at radius 1 is 0.714 bits per heavy atom. The van der Waals surface area contributed by atoms with E-state index in [1.165, 1.54) is 23.7 Å². The van der Waals surface area contributed by atoms with Gasteiger partial charge in [-0.1, -0.05) is 48.5 Å². The lowest BCUT2D eigenvalue weighted by Gasteiger charge is -2.22. The van der Waals surface area contributed by atoms with Gasteiger partial charge in [0, 0.05) is 23.0 Å². The van der Waals surface area contributed by atoms with Crippen molar-refractivity contribution in [2.75, 3.05) is 23.7 Å². The Morgan fingerprint density at radius 2 is 1.20 bits per heavy atom. The van der Waals surface area contributed by atoms with Crippen LogP contribution in [0.4, 0.5) is 11.4 Å². The number of hydrogen-bond acceptors (Lipinski definition) is 5. The standard InChI is InChI=1S/C26H24N4O5/c31-23(29-35)16-13-19-11-14-20(15-12-19)26(34)30(17-24(32)27-21-7-3-1-4-8-21)18-25(33)28-22-9-5-2-6-10-22/h1-16,35H,17-18H2,(H,27,32)(H,28,33)(H,29,31)/b16-13+. The summed E-state index contributed by atoms with van der Waals surface area (Å²) in [5, 5.41) is 14.0. The van der Waals surface area contributed by atoms with E-state index in [1.54, 1.807) is 60.7 Å². The van der Waals surface area contributed by atoms with E-state index in [-0.39, 0.29) is 18.7 Å². The normalized spacial score (nSPS) is 10.4. The van der Waals surface area contributed by atoms with Gasteiger partial charge in [-0.2, -0.15) is 0 Å². The summed E-state index contributed by atoms with van der Waals surface area (Å²) in [7, 11) is 0. The summed E-state index contributed by atoms with van der Waals surface area (Å²) in [6, 6.07) is 23.8. The van der Waals surface area contributed by atoms with Gasteiger partial charge < -0.3 is 15.5 Å². The van der Waals surface area contributed by atoms with E-state index in [1.807, 2.05) is 12.1 Å². The van der Waals surface area contributed by atoms with Gasteiger partial charge in [-0.25, -0.2) is 5.48 Å². The number of rotatable bonds is 9. The maximum atomic E-state index is 13.2. The second kappa shape index (κ2) is 12.5. The van der Waals surface area contributed by atoms with Crippen molar-refractivity contribution in [1.29, 1.82) is 0 Å². The lowest BCUT2D eigenvalue weighted by molar-refractivity contribution is -0.124. The van der Waals surface area contributed by atoms with E-state index in [2.05, 4.69) is 10.6 Å². The largest absolute Gasteiger partial charge is 0.325 e. The number of amides is 4. The molecule has 4 N–H and O–H groups in total. The van der Waals surface area contributed by atoms with E-state index in [0.29, 0.717) is 16.9 Å². The third-order valence-corrected chi connectivity index (χ3v) is 4.77. The van der Waals surface area contributed by atoms with Crippen LogP contribution in [0, 0.1) is 0 Å². The third kappa shape index (κ3) is 7.95. The molecule has 0 aliphatic rings. The molecule has 0 spiro atoms. The number of hydroxylamine groups is 1. The molecule has 0 radical (unpaired) electrons. The third-order valence-electron chi connectivity index (χ3n) is 4.77. The molecule has 3 rings (SSSR count). The summed E-state index contributed by atoms with van der Waals surface area (Å²) < 4.78 is 0. The molecule has 0 saturated heterocycles. The van der Waals surface area contributed by atoms with Gasteiger partial charge in [0.25, 0.3) is 11.8 Å². The van der Waals surface area contributed by atoms with Crippen molar-refractivity contribution >= 4 is 41.1 Å². The van der Waals surface area contributed by atoms with Crippen molar-refractivity contribution in [2.24, 2.45) is 0 Å². The Hall–Kier alpha value is -4.76. The van der Waals surface area contributed by atoms with Gasteiger partial charge in [0.05, 0.1) is 0 Å². The van der Waals surface area contributed by atoms with Gasteiger partial charge in [0.1, 0.15) is 13.1 Å². The van der Waals surface area contributed by atoms with E-state index in [9.17, 15) is 19.2 Å². The zero-order chi connectivity index (χ0) is 25.0. The molecular weight excluding hydrogens is 448 g/mol. The number of nitrogens with one attached hydrogen (secondary N) is 3. The maximum Gasteiger partial charge on any atom is 0.267 e. The molecule has 178 valence electrons. The minimum absolute atomic E-state index is 0.258. The molecule has 0 saturated carbocycles. The Balaban J connectivity index is 1.74. The fourth-order valence-corrected chi connectivity index (χ4v) is 3.12. The quantitative estimate of drug-likeness (QED) is 0.216. The van der Waals surface area contributed by atoms with Gasteiger partial charge in [0.2, 0.25) is 11.8 Å². The molecule has 0 unspecified atom stereocenters. The first kappa shape index (κ1) is 24.9. The first-order valence-corrected chi connectivity index (χ1v) is 10.7. The first-order chi connectivity index (χ1) is 16.9. The zero-order valence-electron chi connectivity index (χ0n) is 18.7. The average molecular weight is 473 g/mol. The molecule has 9 nitrogen and oxygen atoms in total. The van der Waals surface area contributed by atoms with Crippen LogP contribution in [0.15, 0.2) is 91.0 Å². The Morgan fingerprint density at radius 3 is 1.66 bits per heavy atom. The predicted molar refractivity (Wildman–Crippen MR) is 131 cm³/mol. The summed E-state index contributed by atoms with van der Waals surface area (Å²) in [5.74, 6) is -2.11. The van der Waals surface area contributed by atoms with Crippen LogP contribution in [-0.2, 0) is 14.4 Å². The molecule has 35 heavy (non-hydrogen) atoms. The molecule has 0 heterocycles. The van der Waals surface area contributed by atoms with Crippen LogP contribution < -0.4 is 16.1 Å². The molecule has 3 aromatic carbocycles. The molecule has 9 heteroatoms. The summed E-state index contributed by atoms with van der Waals surface area (Å²) in [6.07, 6.45) is 2.59. The highest BCUT2D eigenvalue weighted by atomic mass is 16.5. The summed E-state index contributed by atoms with van der Waals surface area (Å²) in [4.78, 5) is 50.7. The fraction of sp³-hybridized carbons (Fsp3) is 0.0769. The molecule has 0 aliphatic heterocycles. The van der Waals surface area contributed by atoms with Gasteiger partial charge in [-0.15, -0.1) is 0 Å². The second-order valence-electron chi connectivity index (χ2n) is 7.42. The topological polar surface area (TPSA) is 128 Å². The highest BCUT2D eigenvalue weighted by molar-refractivity contribution is 6.02. The molecule has 0 aliphatic carbocycles. The monoisotopic (exact) mass is 472 g/mol. The molecule has 0 aromatic heterocycles. The molecular formula is C26H24N4O5. The Kier molecular flexibility index (Phi) is 8.86. The van der Waals surface area contributed by atoms with Crippen molar-refractivity contribution < 1.29 is 24.4 Å². The Labute approximate surface area is 202 Å². The number of carbonyl (C=O) groups excluding carboxylic acids is 4. The van der Waals surface area contributed by atoms with Crippen LogP contribution in [0.5, 0.6) is 0 Å². The highest BCUT2D eigenvalue weighted by Crippen LogP contribution is 2.12. The number of carbonyl (C=O) groups is 4. The summed E-state index contributed by atoms with van der Waals surface area (Å²) in [6.45, 7) is -0.678. The minimum atomic E-state index is -0.690. The number of para-hydroxylation sites is 2. The fourth-order valence-electron chi connectivity index (χ4n) is 3.12. The summed E-state index contributed by atoms with van der Waals surface area (Å²) >= 11 is 0. The zero-order valence-corrected chi connectivity index (χ0v) is 18.7. The average Bonchev–Trinajstić information content (AvgIpc) is 2.88. The van der Waals surface area contributed by atoms with E-state index in [0.717, 1.165) is 11.0 Å². The van der Waals surface area contributed by atoms with Gasteiger partial charge in [0.15, 0.2) is 0 Å². The van der Waals surface area contributed by atoms with E-state index < -0.39 is 23.6 Å². The van der Waals surface area contributed by atoms with Crippen LogP contribution >= 0.6 is 0 Å². The minimum Gasteiger partial charge on any atom is -0.325 e. The molecule has 0 atom stereocenters. The van der Waals surface area contributed by atoms with Crippen LogP contribution in [-0.4, -0.2) is 46.8 Å². The van der Waals surface area contributed by atoms with Gasteiger partial charge >= 0.3 is 0 Å². The van der Waals surface area contributed by atoms with Gasteiger partial charge in [-0.05, 0) is 48.0 Å². The number of nitrogens with zero attached hydrogens (tertiary/aromatic N) is 1. The van der Waals surface area contributed by atoms with Crippen LogP contribution in [0.1, 0.15) is 15.9 Å². The van der Waals surface area contributed by atoms with Crippen LogP contribution in [0.2, 0.25) is 0 Å². The predicted octanol–water partition coefficient (Wildman–Crippen LogP) is 2.92. The number of hydrogen-bond donors (Lipinski definition) is 4. The van der Waals surface area contributed by atoms with Crippen molar-refractivity contribution in [1.82, 2.24) is 10.4 Å². The summed E-state index contributed by atoms with van der Waals surface area (Å²) in [5.41, 5.74) is 3.50.